The van der Waals surface area contributed by atoms with Gasteiger partial charge in [-0.2, -0.15) is 0 Å². The van der Waals surface area contributed by atoms with Crippen LogP contribution in [0.3, 0.4) is 0 Å². The molecule has 1 aromatic rings. The Balaban J connectivity index is 3.01. The molecule has 0 aliphatic carbocycles. The topological polar surface area (TPSA) is 43.1 Å². The normalized spacial score (nSPS) is 10.0. The molecule has 2 N–H and O–H groups in total. The second kappa shape index (κ2) is 4.28. The lowest BCUT2D eigenvalue weighted by atomic mass is 10.0. The Hall–Kier alpha value is -1.02. The Bertz CT molecular complexity index is 323. The van der Waals surface area contributed by atoms with E-state index in [9.17, 15) is 4.79 Å². The van der Waals surface area contributed by atoms with Gasteiger partial charge >= 0.3 is 0 Å². The fourth-order valence-corrected chi connectivity index (χ4v) is 1.44. The van der Waals surface area contributed by atoms with Crippen LogP contribution in [0.1, 0.15) is 18.1 Å². The zero-order chi connectivity index (χ0) is 9.84. The lowest BCUT2D eigenvalue weighted by Gasteiger charge is -2.06. The lowest BCUT2D eigenvalue weighted by molar-refractivity contribution is -0.116. The SMILES string of the molecule is CC(=O)Cc1cccc(CCl)c1N. The summed E-state index contributed by atoms with van der Waals surface area (Å²) >= 11 is 5.68. The molecule has 0 bridgehead atoms. The van der Waals surface area contributed by atoms with Gasteiger partial charge in [0.05, 0.1) is 0 Å². The van der Waals surface area contributed by atoms with Crippen LogP contribution < -0.4 is 5.73 Å². The molecule has 0 fully saturated rings. The Morgan fingerprint density at radius 3 is 2.62 bits per heavy atom. The van der Waals surface area contributed by atoms with Gasteiger partial charge in [-0.25, -0.2) is 0 Å². The van der Waals surface area contributed by atoms with Crippen LogP contribution in [0.4, 0.5) is 5.69 Å². The standard InChI is InChI=1S/C10H12ClNO/c1-7(13)5-8-3-2-4-9(6-11)10(8)12/h2-4H,5-6,12H2,1H3. The van der Waals surface area contributed by atoms with Crippen LogP contribution in [0.5, 0.6) is 0 Å². The molecule has 0 amide bonds. The minimum absolute atomic E-state index is 0.110. The predicted octanol–water partition coefficient (Wildman–Crippen LogP) is 2.14. The number of carbonyl (C=O) groups excluding carboxylic acids is 1. The molecule has 1 rings (SSSR count). The van der Waals surface area contributed by atoms with Crippen molar-refractivity contribution >= 4 is 23.1 Å². The molecule has 0 atom stereocenters. The zero-order valence-corrected chi connectivity index (χ0v) is 8.27. The quantitative estimate of drug-likeness (QED) is 0.596. The summed E-state index contributed by atoms with van der Waals surface area (Å²) < 4.78 is 0. The van der Waals surface area contributed by atoms with E-state index in [1.54, 1.807) is 6.92 Å². The average molecular weight is 198 g/mol. The van der Waals surface area contributed by atoms with Gasteiger partial charge in [0.1, 0.15) is 5.78 Å². The molecule has 3 heteroatoms. The van der Waals surface area contributed by atoms with Crippen LogP contribution in [0.15, 0.2) is 18.2 Å². The molecule has 2 nitrogen and oxygen atoms in total. The first-order valence-corrected chi connectivity index (χ1v) is 4.60. The maximum Gasteiger partial charge on any atom is 0.134 e. The smallest absolute Gasteiger partial charge is 0.134 e. The summed E-state index contributed by atoms with van der Waals surface area (Å²) in [7, 11) is 0. The molecule has 70 valence electrons. The number of hydrogen-bond acceptors (Lipinski definition) is 2. The summed E-state index contributed by atoms with van der Waals surface area (Å²) in [5.74, 6) is 0.496. The highest BCUT2D eigenvalue weighted by Gasteiger charge is 2.05. The van der Waals surface area contributed by atoms with Crippen LogP contribution in [0.25, 0.3) is 0 Å². The number of para-hydroxylation sites is 1. The van der Waals surface area contributed by atoms with E-state index in [2.05, 4.69) is 0 Å². The Labute approximate surface area is 82.7 Å². The third-order valence-corrected chi connectivity index (χ3v) is 2.16. The number of carbonyl (C=O) groups is 1. The Morgan fingerprint density at radius 1 is 1.46 bits per heavy atom. The summed E-state index contributed by atoms with van der Waals surface area (Å²) in [4.78, 5) is 10.9. The van der Waals surface area contributed by atoms with E-state index in [4.69, 9.17) is 17.3 Å². The number of nitrogen functional groups attached to an aromatic ring is 1. The third kappa shape index (κ3) is 2.46. The fraction of sp³-hybridized carbons (Fsp3) is 0.300. The van der Waals surface area contributed by atoms with Crippen molar-refractivity contribution in [1.82, 2.24) is 0 Å². The highest BCUT2D eigenvalue weighted by molar-refractivity contribution is 6.17. The van der Waals surface area contributed by atoms with Gasteiger partial charge in [-0.3, -0.25) is 4.79 Å². The van der Waals surface area contributed by atoms with E-state index < -0.39 is 0 Å². The molecule has 0 radical (unpaired) electrons. The first-order valence-electron chi connectivity index (χ1n) is 4.06. The van der Waals surface area contributed by atoms with Crippen molar-refractivity contribution in [3.8, 4) is 0 Å². The third-order valence-electron chi connectivity index (χ3n) is 1.87. The Morgan fingerprint density at radius 2 is 2.08 bits per heavy atom. The number of hydrogen-bond donors (Lipinski definition) is 1. The molecule has 0 heterocycles. The molecule has 0 spiro atoms. The van der Waals surface area contributed by atoms with Crippen molar-refractivity contribution in [2.24, 2.45) is 0 Å². The summed E-state index contributed by atoms with van der Waals surface area (Å²) in [5.41, 5.74) is 8.21. The predicted molar refractivity (Wildman–Crippen MR) is 54.8 cm³/mol. The van der Waals surface area contributed by atoms with Crippen molar-refractivity contribution in [3.63, 3.8) is 0 Å². The number of halogens is 1. The number of alkyl halides is 1. The second-order valence-corrected chi connectivity index (χ2v) is 3.27. The maximum absolute atomic E-state index is 10.9. The first-order chi connectivity index (χ1) is 6.15. The van der Waals surface area contributed by atoms with Gasteiger partial charge in [-0.1, -0.05) is 18.2 Å². The van der Waals surface area contributed by atoms with Gasteiger partial charge < -0.3 is 5.73 Å². The fourth-order valence-electron chi connectivity index (χ4n) is 1.21. The van der Waals surface area contributed by atoms with E-state index in [1.165, 1.54) is 0 Å². The number of rotatable bonds is 3. The zero-order valence-electron chi connectivity index (χ0n) is 7.51. The summed E-state index contributed by atoms with van der Waals surface area (Å²) in [6.45, 7) is 1.55. The summed E-state index contributed by atoms with van der Waals surface area (Å²) in [5, 5.41) is 0. The highest BCUT2D eigenvalue weighted by atomic mass is 35.5. The monoisotopic (exact) mass is 197 g/mol. The van der Waals surface area contributed by atoms with Crippen molar-refractivity contribution in [2.45, 2.75) is 19.2 Å². The van der Waals surface area contributed by atoms with Crippen LogP contribution in [-0.4, -0.2) is 5.78 Å². The number of Topliss-reactive ketones (excluding diaryl/α,β-unsaturated/α-hetero) is 1. The number of nitrogens with two attached hydrogens (primary N) is 1. The van der Waals surface area contributed by atoms with Crippen LogP contribution in [0.2, 0.25) is 0 Å². The van der Waals surface area contributed by atoms with Crippen LogP contribution in [0, 0.1) is 0 Å². The molecular weight excluding hydrogens is 186 g/mol. The molecule has 0 saturated carbocycles. The van der Waals surface area contributed by atoms with Gasteiger partial charge in [0.15, 0.2) is 0 Å². The second-order valence-electron chi connectivity index (χ2n) is 3.00. The molecule has 0 unspecified atom stereocenters. The van der Waals surface area contributed by atoms with Crippen molar-refractivity contribution in [1.29, 1.82) is 0 Å². The van der Waals surface area contributed by atoms with Gasteiger partial charge in [0.2, 0.25) is 0 Å². The number of anilines is 1. The average Bonchev–Trinajstić information content (AvgIpc) is 2.08. The van der Waals surface area contributed by atoms with Crippen molar-refractivity contribution < 1.29 is 4.79 Å². The molecule has 0 aromatic heterocycles. The summed E-state index contributed by atoms with van der Waals surface area (Å²) in [6, 6.07) is 5.59. The molecule has 0 saturated heterocycles. The molecular formula is C10H12ClNO. The maximum atomic E-state index is 10.9. The number of ketones is 1. The van der Waals surface area contributed by atoms with Gasteiger partial charge in [-0.05, 0) is 18.1 Å². The van der Waals surface area contributed by atoms with Gasteiger partial charge in [-0.15, -0.1) is 11.6 Å². The lowest BCUT2D eigenvalue weighted by Crippen LogP contribution is -2.03. The molecule has 0 aliphatic heterocycles. The van der Waals surface area contributed by atoms with E-state index in [0.717, 1.165) is 11.1 Å². The van der Waals surface area contributed by atoms with Gasteiger partial charge in [0.25, 0.3) is 0 Å². The van der Waals surface area contributed by atoms with E-state index >= 15 is 0 Å². The van der Waals surface area contributed by atoms with Crippen LogP contribution in [-0.2, 0) is 17.1 Å². The van der Waals surface area contributed by atoms with E-state index in [1.807, 2.05) is 18.2 Å². The number of benzene rings is 1. The van der Waals surface area contributed by atoms with E-state index in [-0.39, 0.29) is 5.78 Å². The van der Waals surface area contributed by atoms with Crippen LogP contribution >= 0.6 is 11.6 Å². The molecule has 13 heavy (non-hydrogen) atoms. The first kappa shape index (κ1) is 10.1. The minimum atomic E-state index is 0.110. The Kier molecular flexibility index (Phi) is 3.32. The molecule has 1 aromatic carbocycles. The van der Waals surface area contributed by atoms with Crippen molar-refractivity contribution in [3.05, 3.63) is 29.3 Å². The van der Waals surface area contributed by atoms with E-state index in [0.29, 0.717) is 18.0 Å². The summed E-state index contributed by atoms with van der Waals surface area (Å²) in [6.07, 6.45) is 0.385. The largest absolute Gasteiger partial charge is 0.398 e. The van der Waals surface area contributed by atoms with Gasteiger partial charge in [0, 0.05) is 18.0 Å². The van der Waals surface area contributed by atoms with Crippen molar-refractivity contribution in [2.75, 3.05) is 5.73 Å². The highest BCUT2D eigenvalue weighted by Crippen LogP contribution is 2.19. The molecule has 0 aliphatic rings. The minimum Gasteiger partial charge on any atom is -0.398 e.